The molecule has 1 saturated heterocycles. The average Bonchev–Trinajstić information content (AvgIpc) is 2.74. The van der Waals surface area contributed by atoms with E-state index in [4.69, 9.17) is 11.6 Å². The molecular weight excluding hydrogens is 264 g/mol. The third-order valence-electron chi connectivity index (χ3n) is 3.76. The van der Waals surface area contributed by atoms with E-state index in [2.05, 4.69) is 11.9 Å². The molecule has 2 rings (SSSR count). The van der Waals surface area contributed by atoms with Crippen molar-refractivity contribution in [1.82, 2.24) is 4.90 Å². The van der Waals surface area contributed by atoms with Crippen LogP contribution >= 0.6 is 11.6 Å². The number of carboxylic acid groups (broad SMARTS) is 1. The lowest BCUT2D eigenvalue weighted by Gasteiger charge is -2.28. The third-order valence-corrected chi connectivity index (χ3v) is 3.99. The fourth-order valence-electron chi connectivity index (χ4n) is 2.64. The zero-order chi connectivity index (χ0) is 14.0. The van der Waals surface area contributed by atoms with Gasteiger partial charge in [-0.2, -0.15) is 0 Å². The van der Waals surface area contributed by atoms with E-state index in [1.807, 2.05) is 11.9 Å². The van der Waals surface area contributed by atoms with Crippen LogP contribution < -0.4 is 4.90 Å². The summed E-state index contributed by atoms with van der Waals surface area (Å²) in [6.45, 7) is 1.95. The lowest BCUT2D eigenvalue weighted by atomic mass is 10.1. The van der Waals surface area contributed by atoms with Gasteiger partial charge in [0.25, 0.3) is 0 Å². The predicted octanol–water partition coefficient (Wildman–Crippen LogP) is 2.57. The molecule has 0 amide bonds. The van der Waals surface area contributed by atoms with E-state index in [0.717, 1.165) is 25.2 Å². The Bertz CT molecular complexity index is 479. The van der Waals surface area contributed by atoms with E-state index in [-0.39, 0.29) is 5.56 Å². The summed E-state index contributed by atoms with van der Waals surface area (Å²) in [6, 6.07) is 5.51. The van der Waals surface area contributed by atoms with Crippen molar-refractivity contribution in [2.75, 3.05) is 32.1 Å². The van der Waals surface area contributed by atoms with Crippen LogP contribution in [0.5, 0.6) is 0 Å². The predicted molar refractivity (Wildman–Crippen MR) is 77.3 cm³/mol. The molecule has 0 bridgehead atoms. The number of likely N-dealkylation sites (tertiary alicyclic amines) is 1. The SMILES string of the molecule is CN(CC1CCCN1C)c1ccc(Cl)cc1C(=O)O. The van der Waals surface area contributed by atoms with Crippen LogP contribution in [0.3, 0.4) is 0 Å². The highest BCUT2D eigenvalue weighted by Crippen LogP contribution is 2.25. The van der Waals surface area contributed by atoms with Crippen LogP contribution in [0.15, 0.2) is 18.2 Å². The maximum Gasteiger partial charge on any atom is 0.337 e. The fourth-order valence-corrected chi connectivity index (χ4v) is 2.81. The van der Waals surface area contributed by atoms with Crippen LogP contribution in [-0.2, 0) is 0 Å². The number of nitrogens with zero attached hydrogens (tertiary/aromatic N) is 2. The van der Waals surface area contributed by atoms with Crippen molar-refractivity contribution in [2.24, 2.45) is 0 Å². The molecule has 1 N–H and O–H groups in total. The van der Waals surface area contributed by atoms with Crippen LogP contribution in [0.4, 0.5) is 5.69 Å². The Kier molecular flexibility index (Phi) is 4.32. The van der Waals surface area contributed by atoms with Gasteiger partial charge in [0.05, 0.1) is 11.3 Å². The number of carboxylic acids is 1. The van der Waals surface area contributed by atoms with Crippen LogP contribution in [-0.4, -0.2) is 49.2 Å². The van der Waals surface area contributed by atoms with Crippen molar-refractivity contribution in [2.45, 2.75) is 18.9 Å². The van der Waals surface area contributed by atoms with Crippen molar-refractivity contribution in [3.05, 3.63) is 28.8 Å². The van der Waals surface area contributed by atoms with Gasteiger partial charge in [-0.1, -0.05) is 11.6 Å². The zero-order valence-electron chi connectivity index (χ0n) is 11.3. The number of hydrogen-bond donors (Lipinski definition) is 1. The van der Waals surface area contributed by atoms with Crippen molar-refractivity contribution in [3.8, 4) is 0 Å². The first-order valence-electron chi connectivity index (χ1n) is 6.43. The molecule has 1 aromatic carbocycles. The summed E-state index contributed by atoms with van der Waals surface area (Å²) in [5, 5.41) is 9.71. The second-order valence-corrected chi connectivity index (χ2v) is 5.56. The molecule has 0 spiro atoms. The normalized spacial score (nSPS) is 19.6. The molecule has 1 unspecified atom stereocenters. The third kappa shape index (κ3) is 3.19. The summed E-state index contributed by atoms with van der Waals surface area (Å²) >= 11 is 5.87. The number of anilines is 1. The number of likely N-dealkylation sites (N-methyl/N-ethyl adjacent to an activating group) is 2. The molecule has 4 nitrogen and oxygen atoms in total. The van der Waals surface area contributed by atoms with E-state index in [1.54, 1.807) is 12.1 Å². The Morgan fingerprint density at radius 3 is 2.89 bits per heavy atom. The molecule has 104 valence electrons. The summed E-state index contributed by atoms with van der Waals surface area (Å²) < 4.78 is 0. The Balaban J connectivity index is 2.18. The molecule has 19 heavy (non-hydrogen) atoms. The highest BCUT2D eigenvalue weighted by Gasteiger charge is 2.23. The minimum Gasteiger partial charge on any atom is -0.478 e. The van der Waals surface area contributed by atoms with Crippen molar-refractivity contribution in [3.63, 3.8) is 0 Å². The van der Waals surface area contributed by atoms with E-state index in [1.165, 1.54) is 12.5 Å². The van der Waals surface area contributed by atoms with E-state index >= 15 is 0 Å². The first-order chi connectivity index (χ1) is 8.99. The Labute approximate surface area is 118 Å². The van der Waals surface area contributed by atoms with Gasteiger partial charge in [-0.25, -0.2) is 4.79 Å². The molecule has 0 aliphatic carbocycles. The van der Waals surface area contributed by atoms with Gasteiger partial charge in [0.2, 0.25) is 0 Å². The van der Waals surface area contributed by atoms with Crippen LogP contribution in [0.1, 0.15) is 23.2 Å². The van der Waals surface area contributed by atoms with Crippen molar-refractivity contribution in [1.29, 1.82) is 0 Å². The highest BCUT2D eigenvalue weighted by atomic mass is 35.5. The van der Waals surface area contributed by atoms with Gasteiger partial charge in [-0.3, -0.25) is 0 Å². The van der Waals surface area contributed by atoms with Gasteiger partial charge in [0.15, 0.2) is 0 Å². The van der Waals surface area contributed by atoms with Crippen LogP contribution in [0.25, 0.3) is 0 Å². The van der Waals surface area contributed by atoms with Gasteiger partial charge < -0.3 is 14.9 Å². The van der Waals surface area contributed by atoms with Crippen molar-refractivity contribution >= 4 is 23.3 Å². The maximum absolute atomic E-state index is 11.3. The highest BCUT2D eigenvalue weighted by molar-refractivity contribution is 6.31. The standard InChI is InChI=1S/C14H19ClN2O2/c1-16-7-3-4-11(16)9-17(2)13-6-5-10(15)8-12(13)14(18)19/h5-6,8,11H,3-4,7,9H2,1-2H3,(H,18,19). The molecule has 1 aliphatic heterocycles. The van der Waals surface area contributed by atoms with Gasteiger partial charge in [-0.15, -0.1) is 0 Å². The molecule has 0 radical (unpaired) electrons. The molecule has 1 atom stereocenters. The minimum atomic E-state index is -0.941. The largest absolute Gasteiger partial charge is 0.478 e. The number of halogens is 1. The molecule has 1 heterocycles. The van der Waals surface area contributed by atoms with Gasteiger partial charge in [-0.05, 0) is 44.6 Å². The van der Waals surface area contributed by atoms with E-state index < -0.39 is 5.97 Å². The summed E-state index contributed by atoms with van der Waals surface area (Å²) in [4.78, 5) is 15.6. The van der Waals surface area contributed by atoms with Crippen LogP contribution in [0, 0.1) is 0 Å². The Morgan fingerprint density at radius 1 is 1.58 bits per heavy atom. The fraction of sp³-hybridized carbons (Fsp3) is 0.500. The Hall–Kier alpha value is -1.26. The number of rotatable bonds is 4. The number of hydrogen-bond acceptors (Lipinski definition) is 3. The number of aromatic carboxylic acids is 1. The molecule has 1 fully saturated rings. The monoisotopic (exact) mass is 282 g/mol. The second-order valence-electron chi connectivity index (χ2n) is 5.12. The zero-order valence-corrected chi connectivity index (χ0v) is 12.0. The van der Waals surface area contributed by atoms with Crippen molar-refractivity contribution < 1.29 is 9.90 Å². The summed E-state index contributed by atoms with van der Waals surface area (Å²) in [7, 11) is 4.05. The van der Waals surface area contributed by atoms with Gasteiger partial charge in [0.1, 0.15) is 0 Å². The van der Waals surface area contributed by atoms with E-state index in [9.17, 15) is 9.90 Å². The quantitative estimate of drug-likeness (QED) is 0.922. The lowest BCUT2D eigenvalue weighted by molar-refractivity contribution is 0.0697. The smallest absolute Gasteiger partial charge is 0.337 e. The molecule has 1 aliphatic rings. The van der Waals surface area contributed by atoms with Gasteiger partial charge in [0, 0.05) is 24.7 Å². The maximum atomic E-state index is 11.3. The Morgan fingerprint density at radius 2 is 2.32 bits per heavy atom. The molecular formula is C14H19ClN2O2. The number of carbonyl (C=O) groups is 1. The summed E-state index contributed by atoms with van der Waals surface area (Å²) in [6.07, 6.45) is 2.37. The van der Waals surface area contributed by atoms with E-state index in [0.29, 0.717) is 11.1 Å². The molecule has 0 saturated carbocycles. The first-order valence-corrected chi connectivity index (χ1v) is 6.81. The molecule has 0 aromatic heterocycles. The lowest BCUT2D eigenvalue weighted by Crippen LogP contribution is -2.37. The van der Waals surface area contributed by atoms with Crippen LogP contribution in [0.2, 0.25) is 5.02 Å². The topological polar surface area (TPSA) is 43.8 Å². The molecule has 5 heteroatoms. The second kappa shape index (κ2) is 5.80. The summed E-state index contributed by atoms with van der Waals surface area (Å²) in [5.74, 6) is -0.941. The summed E-state index contributed by atoms with van der Waals surface area (Å²) in [5.41, 5.74) is 0.979. The number of benzene rings is 1. The first kappa shape index (κ1) is 14.2. The average molecular weight is 283 g/mol. The van der Waals surface area contributed by atoms with Gasteiger partial charge >= 0.3 is 5.97 Å². The minimum absolute atomic E-state index is 0.260. The molecule has 1 aromatic rings.